The number of aromatic nitrogens is 1. The highest BCUT2D eigenvalue weighted by Gasteiger charge is 2.08. The Morgan fingerprint density at radius 3 is 2.85 bits per heavy atom. The Hall–Kier alpha value is -0.830. The molecule has 0 N–H and O–H groups in total. The molecular weight excluding hydrogens is 180 g/mol. The van der Waals surface area contributed by atoms with Crippen LogP contribution >= 0.6 is 11.3 Å². The fourth-order valence-electron chi connectivity index (χ4n) is 0.844. The van der Waals surface area contributed by atoms with Crippen LogP contribution < -0.4 is 4.80 Å². The number of thiazole rings is 1. The van der Waals surface area contributed by atoms with Crippen LogP contribution in [0.5, 0.6) is 0 Å². The maximum atomic E-state index is 4.52. The third kappa shape index (κ3) is 3.19. The van der Waals surface area contributed by atoms with Crippen LogP contribution in [0.1, 0.15) is 20.8 Å². The van der Waals surface area contributed by atoms with E-state index < -0.39 is 0 Å². The van der Waals surface area contributed by atoms with E-state index in [0.29, 0.717) is 0 Å². The van der Waals surface area contributed by atoms with Gasteiger partial charge in [0.15, 0.2) is 4.80 Å². The van der Waals surface area contributed by atoms with Crippen molar-refractivity contribution in [2.24, 2.45) is 10.4 Å². The van der Waals surface area contributed by atoms with Crippen molar-refractivity contribution in [2.75, 3.05) is 6.54 Å². The van der Waals surface area contributed by atoms with E-state index in [1.807, 2.05) is 16.1 Å². The van der Waals surface area contributed by atoms with Crippen molar-refractivity contribution >= 4 is 17.5 Å². The first-order chi connectivity index (χ1) is 6.03. The Labute approximate surface area is 83.3 Å². The summed E-state index contributed by atoms with van der Waals surface area (Å²) >= 11 is 1.64. The van der Waals surface area contributed by atoms with Crippen LogP contribution in [0.2, 0.25) is 0 Å². The van der Waals surface area contributed by atoms with E-state index in [1.165, 1.54) is 0 Å². The Morgan fingerprint density at radius 1 is 1.62 bits per heavy atom. The number of hydrogen-bond donors (Lipinski definition) is 0. The van der Waals surface area contributed by atoms with E-state index in [1.54, 1.807) is 17.5 Å². The largest absolute Gasteiger partial charge is 0.300 e. The second-order valence-electron chi connectivity index (χ2n) is 4.15. The number of hydrogen-bond acceptors (Lipinski definition) is 2. The van der Waals surface area contributed by atoms with Crippen LogP contribution in [-0.2, 0) is 0 Å². The van der Waals surface area contributed by atoms with Crippen molar-refractivity contribution in [2.45, 2.75) is 20.8 Å². The van der Waals surface area contributed by atoms with E-state index >= 15 is 0 Å². The van der Waals surface area contributed by atoms with Gasteiger partial charge in [-0.15, -0.1) is 11.3 Å². The standard InChI is InChI=1S/C10H16N2S/c1-5-12-6-7-13-9(12)11-8-10(2,3)4/h5-7H,1,8H2,2-4H3/b11-9+. The molecule has 0 unspecified atom stereocenters. The van der Waals surface area contributed by atoms with E-state index in [-0.39, 0.29) is 5.41 Å². The molecule has 0 spiro atoms. The van der Waals surface area contributed by atoms with Crippen LogP contribution in [-0.4, -0.2) is 11.1 Å². The molecule has 0 bridgehead atoms. The molecule has 3 heteroatoms. The van der Waals surface area contributed by atoms with Crippen molar-refractivity contribution in [1.82, 2.24) is 4.57 Å². The van der Waals surface area contributed by atoms with Crippen molar-refractivity contribution < 1.29 is 0 Å². The molecular formula is C10H16N2S. The van der Waals surface area contributed by atoms with Crippen molar-refractivity contribution in [3.63, 3.8) is 0 Å². The average molecular weight is 196 g/mol. The maximum Gasteiger partial charge on any atom is 0.188 e. The van der Waals surface area contributed by atoms with E-state index in [2.05, 4.69) is 32.3 Å². The highest BCUT2D eigenvalue weighted by molar-refractivity contribution is 7.07. The first-order valence-corrected chi connectivity index (χ1v) is 5.19. The molecule has 1 rings (SSSR count). The molecule has 0 fully saturated rings. The summed E-state index contributed by atoms with van der Waals surface area (Å²) in [6.45, 7) is 11.1. The molecule has 0 radical (unpaired) electrons. The van der Waals surface area contributed by atoms with Gasteiger partial charge in [0.2, 0.25) is 0 Å². The first-order valence-electron chi connectivity index (χ1n) is 4.31. The average Bonchev–Trinajstić information content (AvgIpc) is 2.46. The van der Waals surface area contributed by atoms with Crippen LogP contribution in [0.15, 0.2) is 23.1 Å². The summed E-state index contributed by atoms with van der Waals surface area (Å²) in [7, 11) is 0. The Bertz CT molecular complexity index is 338. The molecule has 0 saturated carbocycles. The second-order valence-corrected chi connectivity index (χ2v) is 5.03. The molecule has 13 heavy (non-hydrogen) atoms. The summed E-state index contributed by atoms with van der Waals surface area (Å²) in [6.07, 6.45) is 3.75. The molecule has 0 amide bonds. The van der Waals surface area contributed by atoms with E-state index in [0.717, 1.165) is 11.3 Å². The Kier molecular flexibility index (Phi) is 3.09. The van der Waals surface area contributed by atoms with Gasteiger partial charge in [-0.25, -0.2) is 0 Å². The quantitative estimate of drug-likeness (QED) is 0.692. The van der Waals surface area contributed by atoms with Gasteiger partial charge in [-0.05, 0) is 5.41 Å². The smallest absolute Gasteiger partial charge is 0.188 e. The number of rotatable bonds is 2. The van der Waals surface area contributed by atoms with Gasteiger partial charge in [-0.2, -0.15) is 0 Å². The predicted molar refractivity (Wildman–Crippen MR) is 58.6 cm³/mol. The van der Waals surface area contributed by atoms with Crippen LogP contribution in [0.4, 0.5) is 0 Å². The van der Waals surface area contributed by atoms with Gasteiger partial charge in [-0.1, -0.05) is 27.4 Å². The van der Waals surface area contributed by atoms with Gasteiger partial charge in [0.1, 0.15) is 0 Å². The van der Waals surface area contributed by atoms with Crippen LogP contribution in [0.25, 0.3) is 6.20 Å². The van der Waals surface area contributed by atoms with Gasteiger partial charge >= 0.3 is 0 Å². The normalized spacial score (nSPS) is 13.3. The van der Waals surface area contributed by atoms with Gasteiger partial charge in [-0.3, -0.25) is 4.99 Å². The Balaban J connectivity index is 2.88. The fraction of sp³-hybridized carbons (Fsp3) is 0.500. The van der Waals surface area contributed by atoms with Crippen molar-refractivity contribution in [1.29, 1.82) is 0 Å². The minimum atomic E-state index is 0.253. The van der Waals surface area contributed by atoms with E-state index in [4.69, 9.17) is 0 Å². The molecule has 0 atom stereocenters. The van der Waals surface area contributed by atoms with Crippen LogP contribution in [0.3, 0.4) is 0 Å². The predicted octanol–water partition coefficient (Wildman–Crippen LogP) is 2.60. The Morgan fingerprint density at radius 2 is 2.31 bits per heavy atom. The zero-order valence-corrected chi connectivity index (χ0v) is 9.27. The third-order valence-corrected chi connectivity index (χ3v) is 2.31. The van der Waals surface area contributed by atoms with Gasteiger partial charge < -0.3 is 4.57 Å². The lowest BCUT2D eigenvalue weighted by atomic mass is 9.98. The topological polar surface area (TPSA) is 17.3 Å². The lowest BCUT2D eigenvalue weighted by Crippen LogP contribution is -2.15. The lowest BCUT2D eigenvalue weighted by molar-refractivity contribution is 0.425. The molecule has 0 aromatic carbocycles. The summed E-state index contributed by atoms with van der Waals surface area (Å²) in [5.74, 6) is 0. The molecule has 1 heterocycles. The molecule has 0 aliphatic rings. The lowest BCUT2D eigenvalue weighted by Gasteiger charge is -2.13. The highest BCUT2D eigenvalue weighted by atomic mass is 32.1. The zero-order valence-electron chi connectivity index (χ0n) is 8.45. The van der Waals surface area contributed by atoms with Crippen molar-refractivity contribution in [3.05, 3.63) is 23.0 Å². The zero-order chi connectivity index (χ0) is 9.90. The second kappa shape index (κ2) is 3.92. The summed E-state index contributed by atoms with van der Waals surface area (Å²) in [6, 6.07) is 0. The molecule has 1 aromatic rings. The van der Waals surface area contributed by atoms with Crippen LogP contribution in [0, 0.1) is 5.41 Å². The fourth-order valence-corrected chi connectivity index (χ4v) is 1.55. The molecule has 0 aliphatic carbocycles. The monoisotopic (exact) mass is 196 g/mol. The summed E-state index contributed by atoms with van der Waals surface area (Å²) in [4.78, 5) is 5.54. The molecule has 72 valence electrons. The minimum absolute atomic E-state index is 0.253. The van der Waals surface area contributed by atoms with E-state index in [9.17, 15) is 0 Å². The van der Waals surface area contributed by atoms with Crippen molar-refractivity contribution in [3.8, 4) is 0 Å². The molecule has 2 nitrogen and oxygen atoms in total. The maximum absolute atomic E-state index is 4.52. The molecule has 1 aromatic heterocycles. The summed E-state index contributed by atoms with van der Waals surface area (Å²) in [5, 5.41) is 2.02. The summed E-state index contributed by atoms with van der Waals surface area (Å²) < 4.78 is 1.94. The first kappa shape index (κ1) is 10.3. The number of nitrogens with zero attached hydrogens (tertiary/aromatic N) is 2. The molecule has 0 aliphatic heterocycles. The molecule has 0 saturated heterocycles. The highest BCUT2D eigenvalue weighted by Crippen LogP contribution is 2.12. The summed E-state index contributed by atoms with van der Waals surface area (Å²) in [5.41, 5.74) is 0.253. The minimum Gasteiger partial charge on any atom is -0.300 e. The third-order valence-electron chi connectivity index (χ3n) is 1.50. The van der Waals surface area contributed by atoms with Gasteiger partial charge in [0.25, 0.3) is 0 Å². The van der Waals surface area contributed by atoms with Gasteiger partial charge in [0.05, 0.1) is 0 Å². The van der Waals surface area contributed by atoms with Gasteiger partial charge in [0, 0.05) is 24.3 Å². The SMILES string of the molecule is C=Cn1ccs/c1=N/CC(C)(C)C.